The monoisotopic (exact) mass is 250 g/mol. The van der Waals surface area contributed by atoms with E-state index in [1.807, 2.05) is 26.8 Å². The van der Waals surface area contributed by atoms with Gasteiger partial charge in [0.2, 0.25) is 0 Å². The predicted molar refractivity (Wildman–Crippen MR) is 68.8 cm³/mol. The normalized spacial score (nSPS) is 32.9. The Bertz CT molecular complexity index is 412. The Morgan fingerprint density at radius 3 is 2.56 bits per heavy atom. The van der Waals surface area contributed by atoms with E-state index in [0.717, 1.165) is 0 Å². The van der Waals surface area contributed by atoms with Crippen LogP contribution in [0.15, 0.2) is 12.2 Å². The van der Waals surface area contributed by atoms with Gasteiger partial charge in [0.05, 0.1) is 11.3 Å². The maximum atomic E-state index is 11.9. The van der Waals surface area contributed by atoms with E-state index in [1.54, 1.807) is 6.08 Å². The summed E-state index contributed by atoms with van der Waals surface area (Å²) in [5.74, 6) is 0.515. The van der Waals surface area contributed by atoms with E-state index >= 15 is 0 Å². The minimum atomic E-state index is -0.508. The number of esters is 1. The van der Waals surface area contributed by atoms with Gasteiger partial charge in [0.1, 0.15) is 6.61 Å². The average Bonchev–Trinajstić information content (AvgIpc) is 2.78. The summed E-state index contributed by atoms with van der Waals surface area (Å²) in [5.41, 5.74) is -0.340. The van der Waals surface area contributed by atoms with Gasteiger partial charge in [0.25, 0.3) is 0 Å². The van der Waals surface area contributed by atoms with E-state index in [9.17, 15) is 9.59 Å². The molecule has 2 rings (SSSR count). The Balaban J connectivity index is 2.00. The molecule has 0 spiro atoms. The number of hydrogen-bond donors (Lipinski definition) is 0. The van der Waals surface area contributed by atoms with Crippen LogP contribution < -0.4 is 0 Å². The summed E-state index contributed by atoms with van der Waals surface area (Å²) >= 11 is 0. The van der Waals surface area contributed by atoms with Gasteiger partial charge in [-0.15, -0.1) is 0 Å². The number of hydrogen-bond acceptors (Lipinski definition) is 3. The van der Waals surface area contributed by atoms with E-state index in [-0.39, 0.29) is 29.7 Å². The number of ketones is 1. The first-order chi connectivity index (χ1) is 8.15. The van der Waals surface area contributed by atoms with Crippen molar-refractivity contribution in [1.29, 1.82) is 0 Å². The summed E-state index contributed by atoms with van der Waals surface area (Å²) in [6.45, 7) is 10.0. The first kappa shape index (κ1) is 13.3. The number of rotatable bonds is 2. The topological polar surface area (TPSA) is 43.4 Å². The molecule has 0 amide bonds. The van der Waals surface area contributed by atoms with Crippen LogP contribution in [-0.2, 0) is 14.3 Å². The molecule has 0 N–H and O–H groups in total. The maximum absolute atomic E-state index is 11.9. The third-order valence-electron chi connectivity index (χ3n) is 4.27. The quantitative estimate of drug-likeness (QED) is 0.707. The van der Waals surface area contributed by atoms with Crippen molar-refractivity contribution in [3.05, 3.63) is 12.2 Å². The summed E-state index contributed by atoms with van der Waals surface area (Å²) in [5, 5.41) is 0. The van der Waals surface area contributed by atoms with Crippen molar-refractivity contribution in [2.45, 2.75) is 34.6 Å². The molecule has 0 saturated heterocycles. The molecule has 2 aliphatic carbocycles. The van der Waals surface area contributed by atoms with Crippen LogP contribution in [0.25, 0.3) is 0 Å². The third kappa shape index (κ3) is 2.11. The number of fused-ring (bicyclic) bond motifs is 1. The highest BCUT2D eigenvalue weighted by Gasteiger charge is 2.62. The molecule has 3 heteroatoms. The molecule has 2 aliphatic rings. The van der Waals surface area contributed by atoms with Crippen LogP contribution in [0, 0.1) is 28.6 Å². The zero-order chi connectivity index (χ0) is 13.7. The fraction of sp³-hybridized carbons (Fsp3) is 0.733. The highest BCUT2D eigenvalue weighted by molar-refractivity contribution is 5.94. The van der Waals surface area contributed by atoms with Crippen LogP contribution in [0.3, 0.4) is 0 Å². The summed E-state index contributed by atoms with van der Waals surface area (Å²) in [6.07, 6.45) is 3.67. The molecule has 3 nitrogen and oxygen atoms in total. The SMILES string of the molecule is CC(C)(C)C(=O)OC[C@@H]1C(=O)C=C[C@@H]2[C@H]1C2(C)C. The first-order valence-electron chi connectivity index (χ1n) is 6.55. The molecular formula is C15H22O3. The largest absolute Gasteiger partial charge is 0.464 e. The smallest absolute Gasteiger partial charge is 0.311 e. The highest BCUT2D eigenvalue weighted by Crippen LogP contribution is 2.64. The highest BCUT2D eigenvalue weighted by atomic mass is 16.5. The van der Waals surface area contributed by atoms with Crippen molar-refractivity contribution >= 4 is 11.8 Å². The minimum Gasteiger partial charge on any atom is -0.464 e. The number of ether oxygens (including phenoxy) is 1. The molecule has 0 aromatic rings. The molecule has 0 aromatic heterocycles. The van der Waals surface area contributed by atoms with E-state index in [0.29, 0.717) is 11.8 Å². The van der Waals surface area contributed by atoms with Crippen molar-refractivity contribution in [2.75, 3.05) is 6.61 Å². The first-order valence-corrected chi connectivity index (χ1v) is 6.55. The maximum Gasteiger partial charge on any atom is 0.311 e. The summed E-state index contributed by atoms with van der Waals surface area (Å²) in [4.78, 5) is 23.6. The molecule has 3 atom stereocenters. The lowest BCUT2D eigenvalue weighted by molar-refractivity contribution is -0.155. The van der Waals surface area contributed by atoms with E-state index in [2.05, 4.69) is 13.8 Å². The van der Waals surface area contributed by atoms with E-state index in [1.165, 1.54) is 0 Å². The fourth-order valence-electron chi connectivity index (χ4n) is 2.92. The molecule has 0 aliphatic heterocycles. The average molecular weight is 250 g/mol. The lowest BCUT2D eigenvalue weighted by atomic mass is 9.91. The van der Waals surface area contributed by atoms with Crippen molar-refractivity contribution < 1.29 is 14.3 Å². The second-order valence-corrected chi connectivity index (χ2v) is 7.09. The Labute approximate surface area is 109 Å². The molecule has 0 radical (unpaired) electrons. The second kappa shape index (κ2) is 3.94. The zero-order valence-electron chi connectivity index (χ0n) is 11.8. The van der Waals surface area contributed by atoms with Gasteiger partial charge in [0, 0.05) is 0 Å². The van der Waals surface area contributed by atoms with E-state index < -0.39 is 5.41 Å². The lowest BCUT2D eigenvalue weighted by Gasteiger charge is -2.21. The van der Waals surface area contributed by atoms with Crippen molar-refractivity contribution in [2.24, 2.45) is 28.6 Å². The molecule has 0 bridgehead atoms. The number of allylic oxidation sites excluding steroid dienone is 2. The van der Waals surface area contributed by atoms with Gasteiger partial charge in [-0.25, -0.2) is 0 Å². The van der Waals surface area contributed by atoms with Gasteiger partial charge in [-0.05, 0) is 44.1 Å². The molecule has 0 unspecified atom stereocenters. The Kier molecular flexibility index (Phi) is 2.91. The van der Waals surface area contributed by atoms with Crippen molar-refractivity contribution in [3.63, 3.8) is 0 Å². The zero-order valence-corrected chi connectivity index (χ0v) is 11.8. The molecule has 1 fully saturated rings. The van der Waals surface area contributed by atoms with Gasteiger partial charge in [-0.2, -0.15) is 0 Å². The lowest BCUT2D eigenvalue weighted by Crippen LogP contribution is -2.30. The predicted octanol–water partition coefficient (Wildman–Crippen LogP) is 2.60. The van der Waals surface area contributed by atoms with Gasteiger partial charge >= 0.3 is 5.97 Å². The number of carbonyl (C=O) groups excluding carboxylic acids is 2. The van der Waals surface area contributed by atoms with Gasteiger partial charge in [0.15, 0.2) is 5.78 Å². The van der Waals surface area contributed by atoms with Crippen LogP contribution >= 0.6 is 0 Å². The standard InChI is InChI=1S/C15H22O3/c1-14(2,3)13(17)18-8-9-11(16)7-6-10-12(9)15(10,4)5/h6-7,9-10,12H,8H2,1-5H3/t9-,10-,12+/m1/s1. The van der Waals surface area contributed by atoms with Crippen LogP contribution in [0.4, 0.5) is 0 Å². The van der Waals surface area contributed by atoms with Crippen molar-refractivity contribution in [1.82, 2.24) is 0 Å². The fourth-order valence-corrected chi connectivity index (χ4v) is 2.92. The van der Waals surface area contributed by atoms with Crippen LogP contribution in [0.5, 0.6) is 0 Å². The second-order valence-electron chi connectivity index (χ2n) is 7.09. The van der Waals surface area contributed by atoms with Crippen LogP contribution in [0.2, 0.25) is 0 Å². The molecule has 0 aromatic carbocycles. The molecule has 1 saturated carbocycles. The van der Waals surface area contributed by atoms with Gasteiger partial charge in [-0.1, -0.05) is 19.9 Å². The summed E-state index contributed by atoms with van der Waals surface area (Å²) in [7, 11) is 0. The number of carbonyl (C=O) groups is 2. The Morgan fingerprint density at radius 2 is 2.00 bits per heavy atom. The third-order valence-corrected chi connectivity index (χ3v) is 4.27. The Morgan fingerprint density at radius 1 is 1.39 bits per heavy atom. The summed E-state index contributed by atoms with van der Waals surface area (Å²) < 4.78 is 5.31. The van der Waals surface area contributed by atoms with Crippen LogP contribution in [0.1, 0.15) is 34.6 Å². The van der Waals surface area contributed by atoms with Crippen molar-refractivity contribution in [3.8, 4) is 0 Å². The Hall–Kier alpha value is -1.12. The van der Waals surface area contributed by atoms with E-state index in [4.69, 9.17) is 4.74 Å². The summed E-state index contributed by atoms with van der Waals surface area (Å²) in [6, 6.07) is 0. The molecule has 18 heavy (non-hydrogen) atoms. The molecule has 0 heterocycles. The van der Waals surface area contributed by atoms with Gasteiger partial charge < -0.3 is 4.74 Å². The minimum absolute atomic E-state index is 0.100. The molecule has 100 valence electrons. The van der Waals surface area contributed by atoms with Crippen LogP contribution in [-0.4, -0.2) is 18.4 Å². The van der Waals surface area contributed by atoms with Gasteiger partial charge in [-0.3, -0.25) is 9.59 Å². The molecular weight excluding hydrogens is 228 g/mol.